The highest BCUT2D eigenvalue weighted by atomic mass is 16.2. The number of para-hydroxylation sites is 2. The fourth-order valence-electron chi connectivity index (χ4n) is 5.81. The largest absolute Gasteiger partial charge is 0.311 e. The first-order valence-corrected chi connectivity index (χ1v) is 15.4. The van der Waals surface area contributed by atoms with Crippen LogP contribution in [0.5, 0.6) is 0 Å². The number of carbonyl (C=O) groups excluding carboxylic acids is 2. The molecule has 0 saturated heterocycles. The van der Waals surface area contributed by atoms with Crippen molar-refractivity contribution in [3.63, 3.8) is 0 Å². The topological polar surface area (TPSA) is 65.0 Å². The Morgan fingerprint density at radius 3 is 1.93 bits per heavy atom. The fraction of sp³-hybridized carbons (Fsp3) is 0.184. The maximum atomic E-state index is 13.4. The Morgan fingerprint density at radius 1 is 0.659 bits per heavy atom. The molecule has 0 bridgehead atoms. The van der Waals surface area contributed by atoms with Crippen molar-refractivity contribution in [1.29, 1.82) is 0 Å². The molecule has 0 atom stereocenters. The summed E-state index contributed by atoms with van der Waals surface area (Å²) in [4.78, 5) is 30.3. The van der Waals surface area contributed by atoms with Crippen LogP contribution >= 0.6 is 0 Å². The van der Waals surface area contributed by atoms with Gasteiger partial charge < -0.3 is 4.90 Å². The van der Waals surface area contributed by atoms with Crippen LogP contribution in [0.1, 0.15) is 65.3 Å². The molecule has 0 aliphatic carbocycles. The summed E-state index contributed by atoms with van der Waals surface area (Å²) in [6.07, 6.45) is 7.07. The lowest BCUT2D eigenvalue weighted by Crippen LogP contribution is -2.40. The van der Waals surface area contributed by atoms with Crippen LogP contribution in [0.25, 0.3) is 10.8 Å². The average molecular weight is 581 g/mol. The summed E-state index contributed by atoms with van der Waals surface area (Å²) < 4.78 is 0. The second-order valence-corrected chi connectivity index (χ2v) is 11.0. The molecule has 0 saturated carbocycles. The Labute approximate surface area is 258 Å². The summed E-state index contributed by atoms with van der Waals surface area (Å²) in [5.74, 6) is -0.436. The Hall–Kier alpha value is -5.23. The average Bonchev–Trinajstić information content (AvgIpc) is 3.07. The van der Waals surface area contributed by atoms with E-state index >= 15 is 0 Å². The van der Waals surface area contributed by atoms with E-state index in [4.69, 9.17) is 0 Å². The zero-order valence-corrected chi connectivity index (χ0v) is 24.9. The third-order valence-electron chi connectivity index (χ3n) is 8.06. The van der Waals surface area contributed by atoms with Gasteiger partial charge in [0.2, 0.25) is 0 Å². The van der Waals surface area contributed by atoms with Gasteiger partial charge in [-0.2, -0.15) is 5.10 Å². The first-order chi connectivity index (χ1) is 21.7. The van der Waals surface area contributed by atoms with E-state index in [2.05, 4.69) is 58.7 Å². The predicted molar refractivity (Wildman–Crippen MR) is 180 cm³/mol. The number of carbonyl (C=O) groups is 2. The van der Waals surface area contributed by atoms with Crippen molar-refractivity contribution in [2.45, 2.75) is 39.0 Å². The Morgan fingerprint density at radius 2 is 1.27 bits per heavy atom. The van der Waals surface area contributed by atoms with Crippen LogP contribution in [0.15, 0.2) is 120 Å². The molecule has 0 radical (unpaired) electrons. The minimum atomic E-state index is -0.218. The number of unbranched alkanes of at least 4 members (excludes halogenated alkanes) is 4. The van der Waals surface area contributed by atoms with E-state index in [-0.39, 0.29) is 11.8 Å². The Bertz CT molecular complexity index is 1720. The van der Waals surface area contributed by atoms with Crippen LogP contribution in [-0.4, -0.2) is 29.5 Å². The third kappa shape index (κ3) is 5.97. The normalized spacial score (nSPS) is 12.7. The molecule has 0 fully saturated rings. The van der Waals surface area contributed by atoms with E-state index in [1.165, 1.54) is 11.3 Å². The highest BCUT2D eigenvalue weighted by Crippen LogP contribution is 2.36. The van der Waals surface area contributed by atoms with Crippen LogP contribution in [0.2, 0.25) is 0 Å². The van der Waals surface area contributed by atoms with Gasteiger partial charge in [0.1, 0.15) is 0 Å². The summed E-state index contributed by atoms with van der Waals surface area (Å²) in [5, 5.41) is 6.00. The predicted octanol–water partition coefficient (Wildman–Crippen LogP) is 9.32. The zero-order chi connectivity index (χ0) is 30.3. The van der Waals surface area contributed by atoms with Crippen LogP contribution < -0.4 is 10.3 Å². The van der Waals surface area contributed by atoms with Crippen molar-refractivity contribution in [2.75, 3.05) is 16.9 Å². The second-order valence-electron chi connectivity index (χ2n) is 11.0. The quantitative estimate of drug-likeness (QED) is 0.0691. The zero-order valence-electron chi connectivity index (χ0n) is 24.9. The number of nitrogens with zero attached hydrogens (tertiary/aromatic N) is 3. The fourth-order valence-corrected chi connectivity index (χ4v) is 5.81. The summed E-state index contributed by atoms with van der Waals surface area (Å²) in [7, 11) is 0. The van der Waals surface area contributed by atoms with E-state index < -0.39 is 0 Å². The van der Waals surface area contributed by atoms with Gasteiger partial charge in [-0.05, 0) is 66.6 Å². The van der Waals surface area contributed by atoms with Crippen molar-refractivity contribution < 1.29 is 9.59 Å². The molecular weight excluding hydrogens is 544 g/mol. The van der Waals surface area contributed by atoms with Gasteiger partial charge in [-0.1, -0.05) is 93.3 Å². The number of hydrogen-bond donors (Lipinski definition) is 1. The van der Waals surface area contributed by atoms with Crippen LogP contribution in [0.4, 0.5) is 22.7 Å². The van der Waals surface area contributed by atoms with E-state index in [9.17, 15) is 9.59 Å². The van der Waals surface area contributed by atoms with E-state index in [1.54, 1.807) is 12.3 Å². The van der Waals surface area contributed by atoms with Gasteiger partial charge in [0.15, 0.2) is 0 Å². The molecule has 0 unspecified atom stereocenters. The minimum Gasteiger partial charge on any atom is -0.311 e. The Balaban J connectivity index is 1.19. The van der Waals surface area contributed by atoms with Crippen molar-refractivity contribution in [3.05, 3.63) is 132 Å². The van der Waals surface area contributed by atoms with Gasteiger partial charge in [0, 0.05) is 45.5 Å². The van der Waals surface area contributed by atoms with Crippen molar-refractivity contribution in [2.24, 2.45) is 5.10 Å². The first-order valence-electron chi connectivity index (χ1n) is 15.4. The van der Waals surface area contributed by atoms with Gasteiger partial charge in [-0.3, -0.25) is 19.9 Å². The van der Waals surface area contributed by atoms with Crippen LogP contribution in [0, 0.1) is 0 Å². The summed E-state index contributed by atoms with van der Waals surface area (Å²) >= 11 is 0. The minimum absolute atomic E-state index is 0.218. The van der Waals surface area contributed by atoms with E-state index in [1.807, 2.05) is 72.8 Å². The molecule has 6 rings (SSSR count). The van der Waals surface area contributed by atoms with E-state index in [0.717, 1.165) is 59.4 Å². The molecule has 1 heterocycles. The SMILES string of the molecule is CCCCCCCN1C(=O)c2cccc3c(N/N=C/c4ccc(N(c5ccccc5)c5ccccc5)cc4)ccc(c23)C1=O. The van der Waals surface area contributed by atoms with E-state index in [0.29, 0.717) is 23.1 Å². The number of amides is 2. The molecule has 1 aliphatic heterocycles. The number of rotatable bonds is 12. The van der Waals surface area contributed by atoms with Gasteiger partial charge in [0.25, 0.3) is 11.8 Å². The van der Waals surface area contributed by atoms with Crippen molar-refractivity contribution in [1.82, 2.24) is 4.90 Å². The smallest absolute Gasteiger partial charge is 0.261 e. The van der Waals surface area contributed by atoms with Crippen LogP contribution in [0.3, 0.4) is 0 Å². The van der Waals surface area contributed by atoms with Crippen molar-refractivity contribution >= 4 is 51.6 Å². The summed E-state index contributed by atoms with van der Waals surface area (Å²) in [6, 6.07) is 38.1. The van der Waals surface area contributed by atoms with Gasteiger partial charge in [0.05, 0.1) is 11.9 Å². The number of hydrazone groups is 1. The lowest BCUT2D eigenvalue weighted by atomic mass is 9.93. The molecule has 1 aliphatic rings. The summed E-state index contributed by atoms with van der Waals surface area (Å²) in [5.41, 5.74) is 9.16. The number of nitrogens with one attached hydrogen (secondary N) is 1. The number of hydrogen-bond acceptors (Lipinski definition) is 5. The van der Waals surface area contributed by atoms with Crippen LogP contribution in [-0.2, 0) is 0 Å². The highest BCUT2D eigenvalue weighted by molar-refractivity contribution is 6.26. The molecule has 0 spiro atoms. The summed E-state index contributed by atoms with van der Waals surface area (Å²) in [6.45, 7) is 2.63. The molecule has 5 aromatic carbocycles. The van der Waals surface area contributed by atoms with Crippen molar-refractivity contribution in [3.8, 4) is 0 Å². The first kappa shape index (κ1) is 28.9. The molecule has 220 valence electrons. The molecule has 0 aromatic heterocycles. The standard InChI is InChI=1S/C38H36N4O2/c1-2-3-4-5-12-26-41-37(43)33-19-13-18-32-35(25-24-34(36(32)33)38(41)44)40-39-27-28-20-22-31(23-21-28)42(29-14-8-6-9-15-29)30-16-10-7-11-17-30/h6-11,13-25,27,40H,2-5,12,26H2,1H3/b39-27+. The molecule has 2 amide bonds. The molecule has 1 N–H and O–H groups in total. The maximum Gasteiger partial charge on any atom is 0.261 e. The van der Waals surface area contributed by atoms with Gasteiger partial charge in [-0.15, -0.1) is 0 Å². The number of benzene rings is 5. The monoisotopic (exact) mass is 580 g/mol. The lowest BCUT2D eigenvalue weighted by Gasteiger charge is -2.27. The molecule has 6 nitrogen and oxygen atoms in total. The molecular formula is C38H36N4O2. The molecule has 6 heteroatoms. The molecule has 5 aromatic rings. The number of anilines is 4. The van der Waals surface area contributed by atoms with Gasteiger partial charge in [-0.25, -0.2) is 0 Å². The van der Waals surface area contributed by atoms with Gasteiger partial charge >= 0.3 is 0 Å². The lowest BCUT2D eigenvalue weighted by molar-refractivity contribution is 0.0607. The highest BCUT2D eigenvalue weighted by Gasteiger charge is 2.32. The maximum absolute atomic E-state index is 13.4. The Kier molecular flexibility index (Phi) is 8.78. The number of imide groups is 1. The second kappa shape index (κ2) is 13.4. The third-order valence-corrected chi connectivity index (χ3v) is 8.06. The molecule has 44 heavy (non-hydrogen) atoms.